The van der Waals surface area contributed by atoms with Crippen LogP contribution in [0.4, 0.5) is 5.69 Å². The average Bonchev–Trinajstić information content (AvgIpc) is 2.23. The SMILES string of the molecule is Cc1cc(C)nc(Sc2cccc(C)c2N)c1. The van der Waals surface area contributed by atoms with Crippen molar-refractivity contribution in [2.24, 2.45) is 0 Å². The average molecular weight is 244 g/mol. The van der Waals surface area contributed by atoms with Crippen molar-refractivity contribution in [1.82, 2.24) is 4.98 Å². The third kappa shape index (κ3) is 2.80. The Kier molecular flexibility index (Phi) is 3.38. The van der Waals surface area contributed by atoms with Crippen LogP contribution in [-0.4, -0.2) is 4.98 Å². The Morgan fingerprint density at radius 1 is 1.12 bits per heavy atom. The molecular formula is C14H16N2S. The van der Waals surface area contributed by atoms with E-state index >= 15 is 0 Å². The molecule has 1 aromatic carbocycles. The summed E-state index contributed by atoms with van der Waals surface area (Å²) in [6.07, 6.45) is 0. The minimum atomic E-state index is 0.846. The standard InChI is InChI=1S/C14H16N2S/c1-9-7-11(3)16-13(8-9)17-12-6-4-5-10(2)14(12)15/h4-8H,15H2,1-3H3. The minimum absolute atomic E-state index is 0.846. The normalized spacial score (nSPS) is 10.5. The van der Waals surface area contributed by atoms with Crippen molar-refractivity contribution in [1.29, 1.82) is 0 Å². The Morgan fingerprint density at radius 3 is 2.59 bits per heavy atom. The van der Waals surface area contributed by atoms with Crippen molar-refractivity contribution in [3.63, 3.8) is 0 Å². The first-order valence-corrected chi connectivity index (χ1v) is 6.36. The molecule has 2 aromatic rings. The summed E-state index contributed by atoms with van der Waals surface area (Å²) in [5.41, 5.74) is 10.3. The van der Waals surface area contributed by atoms with Crippen LogP contribution >= 0.6 is 11.8 Å². The largest absolute Gasteiger partial charge is 0.398 e. The molecule has 1 aromatic heterocycles. The summed E-state index contributed by atoms with van der Waals surface area (Å²) in [5, 5.41) is 1.000. The van der Waals surface area contributed by atoms with Crippen LogP contribution in [0.5, 0.6) is 0 Å². The molecule has 0 atom stereocenters. The second kappa shape index (κ2) is 4.80. The number of aromatic nitrogens is 1. The van der Waals surface area contributed by atoms with Gasteiger partial charge in [0.2, 0.25) is 0 Å². The topological polar surface area (TPSA) is 38.9 Å². The maximum absolute atomic E-state index is 6.06. The molecule has 0 bridgehead atoms. The van der Waals surface area contributed by atoms with Crippen molar-refractivity contribution in [2.75, 3.05) is 5.73 Å². The van der Waals surface area contributed by atoms with Crippen molar-refractivity contribution in [3.05, 3.63) is 47.2 Å². The van der Waals surface area contributed by atoms with Crippen LogP contribution in [0.25, 0.3) is 0 Å². The Labute approximate surface area is 106 Å². The van der Waals surface area contributed by atoms with E-state index < -0.39 is 0 Å². The highest BCUT2D eigenvalue weighted by molar-refractivity contribution is 7.99. The summed E-state index contributed by atoms with van der Waals surface area (Å²) in [5.74, 6) is 0. The number of hydrogen-bond acceptors (Lipinski definition) is 3. The Morgan fingerprint density at radius 2 is 1.88 bits per heavy atom. The number of para-hydroxylation sites is 1. The fraction of sp³-hybridized carbons (Fsp3) is 0.214. The summed E-state index contributed by atoms with van der Waals surface area (Å²) in [7, 11) is 0. The van der Waals surface area contributed by atoms with Crippen molar-refractivity contribution in [3.8, 4) is 0 Å². The smallest absolute Gasteiger partial charge is 0.101 e. The van der Waals surface area contributed by atoms with Crippen LogP contribution in [0.3, 0.4) is 0 Å². The molecule has 2 rings (SSSR count). The molecule has 0 saturated heterocycles. The molecule has 17 heavy (non-hydrogen) atoms. The highest BCUT2D eigenvalue weighted by Gasteiger charge is 2.05. The van der Waals surface area contributed by atoms with Gasteiger partial charge in [-0.3, -0.25) is 0 Å². The lowest BCUT2D eigenvalue weighted by Gasteiger charge is -2.08. The molecule has 0 aliphatic rings. The van der Waals surface area contributed by atoms with E-state index in [0.29, 0.717) is 0 Å². The summed E-state index contributed by atoms with van der Waals surface area (Å²) in [6.45, 7) is 6.11. The van der Waals surface area contributed by atoms with Gasteiger partial charge in [-0.15, -0.1) is 0 Å². The molecular weight excluding hydrogens is 228 g/mol. The van der Waals surface area contributed by atoms with Gasteiger partial charge >= 0.3 is 0 Å². The molecule has 0 unspecified atom stereocenters. The van der Waals surface area contributed by atoms with E-state index in [-0.39, 0.29) is 0 Å². The van der Waals surface area contributed by atoms with Gasteiger partial charge in [-0.2, -0.15) is 0 Å². The van der Waals surface area contributed by atoms with E-state index in [4.69, 9.17) is 5.73 Å². The zero-order valence-electron chi connectivity index (χ0n) is 10.3. The molecule has 2 nitrogen and oxygen atoms in total. The Bertz CT molecular complexity index is 530. The van der Waals surface area contributed by atoms with Gasteiger partial charge in [-0.1, -0.05) is 23.9 Å². The molecule has 1 heterocycles. The third-order valence-electron chi connectivity index (χ3n) is 2.57. The molecule has 0 spiro atoms. The quantitative estimate of drug-likeness (QED) is 0.818. The van der Waals surface area contributed by atoms with Crippen LogP contribution in [0.2, 0.25) is 0 Å². The summed E-state index contributed by atoms with van der Waals surface area (Å²) >= 11 is 1.62. The highest BCUT2D eigenvalue weighted by Crippen LogP contribution is 2.32. The number of aryl methyl sites for hydroxylation is 3. The fourth-order valence-corrected chi connectivity index (χ4v) is 2.79. The molecule has 0 radical (unpaired) electrons. The van der Waals surface area contributed by atoms with Crippen LogP contribution in [0.15, 0.2) is 40.3 Å². The van der Waals surface area contributed by atoms with Gasteiger partial charge in [-0.25, -0.2) is 4.98 Å². The summed E-state index contributed by atoms with van der Waals surface area (Å²) in [6, 6.07) is 10.2. The number of nitrogens with zero attached hydrogens (tertiary/aromatic N) is 1. The maximum atomic E-state index is 6.06. The van der Waals surface area contributed by atoms with E-state index in [1.165, 1.54) is 5.56 Å². The summed E-state index contributed by atoms with van der Waals surface area (Å²) < 4.78 is 0. The number of anilines is 1. The zero-order valence-corrected chi connectivity index (χ0v) is 11.1. The van der Waals surface area contributed by atoms with Crippen molar-refractivity contribution >= 4 is 17.4 Å². The molecule has 2 N–H and O–H groups in total. The van der Waals surface area contributed by atoms with Gasteiger partial charge in [0.15, 0.2) is 0 Å². The first-order chi connectivity index (χ1) is 8.06. The van der Waals surface area contributed by atoms with Crippen LogP contribution in [0, 0.1) is 20.8 Å². The van der Waals surface area contributed by atoms with Gasteiger partial charge in [0.05, 0.1) is 0 Å². The molecule has 0 aliphatic heterocycles. The second-order valence-corrected chi connectivity index (χ2v) is 5.28. The molecule has 0 amide bonds. The third-order valence-corrected chi connectivity index (χ3v) is 3.57. The van der Waals surface area contributed by atoms with E-state index in [1.54, 1.807) is 11.8 Å². The number of nitrogens with two attached hydrogens (primary N) is 1. The number of rotatable bonds is 2. The van der Waals surface area contributed by atoms with Gasteiger partial charge < -0.3 is 5.73 Å². The number of hydrogen-bond donors (Lipinski definition) is 1. The van der Waals surface area contributed by atoms with Gasteiger partial charge in [0, 0.05) is 16.3 Å². The lowest BCUT2D eigenvalue weighted by Crippen LogP contribution is -1.93. The second-order valence-electron chi connectivity index (χ2n) is 4.21. The van der Waals surface area contributed by atoms with Gasteiger partial charge in [0.25, 0.3) is 0 Å². The first-order valence-electron chi connectivity index (χ1n) is 5.54. The fourth-order valence-electron chi connectivity index (χ4n) is 1.71. The minimum Gasteiger partial charge on any atom is -0.398 e. The Hall–Kier alpha value is -1.48. The number of nitrogen functional groups attached to an aromatic ring is 1. The van der Waals surface area contributed by atoms with E-state index in [2.05, 4.69) is 24.0 Å². The predicted molar refractivity (Wildman–Crippen MR) is 73.4 cm³/mol. The number of pyridine rings is 1. The molecule has 0 saturated carbocycles. The van der Waals surface area contributed by atoms with Gasteiger partial charge in [0.1, 0.15) is 5.03 Å². The summed E-state index contributed by atoms with van der Waals surface area (Å²) in [4.78, 5) is 5.58. The Balaban J connectivity index is 2.34. The molecule has 3 heteroatoms. The van der Waals surface area contributed by atoms with Crippen molar-refractivity contribution in [2.45, 2.75) is 30.7 Å². The number of benzene rings is 1. The molecule has 0 aliphatic carbocycles. The van der Waals surface area contributed by atoms with E-state index in [1.807, 2.05) is 32.0 Å². The molecule has 0 fully saturated rings. The highest BCUT2D eigenvalue weighted by atomic mass is 32.2. The van der Waals surface area contributed by atoms with Crippen LogP contribution in [-0.2, 0) is 0 Å². The first kappa shape index (κ1) is 12.0. The molecule has 88 valence electrons. The van der Waals surface area contributed by atoms with Crippen LogP contribution in [0.1, 0.15) is 16.8 Å². The van der Waals surface area contributed by atoms with Crippen molar-refractivity contribution < 1.29 is 0 Å². The van der Waals surface area contributed by atoms with E-state index in [9.17, 15) is 0 Å². The van der Waals surface area contributed by atoms with E-state index in [0.717, 1.165) is 26.9 Å². The van der Waals surface area contributed by atoms with Gasteiger partial charge in [-0.05, 0) is 50.1 Å². The zero-order chi connectivity index (χ0) is 12.4. The maximum Gasteiger partial charge on any atom is 0.101 e. The lowest BCUT2D eigenvalue weighted by molar-refractivity contribution is 1.05. The van der Waals surface area contributed by atoms with Crippen LogP contribution < -0.4 is 5.73 Å². The monoisotopic (exact) mass is 244 g/mol. The lowest BCUT2D eigenvalue weighted by atomic mass is 10.2. The predicted octanol–water partition coefficient (Wildman–Crippen LogP) is 3.74.